The van der Waals surface area contributed by atoms with Crippen LogP contribution in [0.5, 0.6) is 0 Å². The minimum Gasteiger partial charge on any atom is -0.308 e. The fraction of sp³-hybridized carbons (Fsp3) is 0.294. The lowest BCUT2D eigenvalue weighted by Crippen LogP contribution is -2.19. The van der Waals surface area contributed by atoms with Crippen molar-refractivity contribution in [2.45, 2.75) is 32.6 Å². The summed E-state index contributed by atoms with van der Waals surface area (Å²) in [7, 11) is 0. The van der Waals surface area contributed by atoms with Crippen LogP contribution in [-0.2, 0) is 0 Å². The summed E-state index contributed by atoms with van der Waals surface area (Å²) in [5, 5.41) is 14.7. The van der Waals surface area contributed by atoms with E-state index in [2.05, 4.69) is 31.4 Å². The van der Waals surface area contributed by atoms with Gasteiger partial charge in [-0.2, -0.15) is 5.10 Å². The van der Waals surface area contributed by atoms with E-state index in [1.165, 1.54) is 18.5 Å². The summed E-state index contributed by atoms with van der Waals surface area (Å²) in [6, 6.07) is 9.53. The van der Waals surface area contributed by atoms with Gasteiger partial charge < -0.3 is 5.32 Å². The predicted molar refractivity (Wildman–Crippen MR) is 97.6 cm³/mol. The molecule has 0 radical (unpaired) electrons. The first-order chi connectivity index (χ1) is 12.1. The topological polar surface area (TPSA) is 84.7 Å². The van der Waals surface area contributed by atoms with E-state index in [1.807, 2.05) is 35.9 Å². The zero-order valence-corrected chi connectivity index (χ0v) is 14.8. The van der Waals surface area contributed by atoms with Gasteiger partial charge in [0, 0.05) is 28.8 Å². The van der Waals surface area contributed by atoms with Crippen molar-refractivity contribution in [3.63, 3.8) is 0 Å². The number of hydrogen-bond acceptors (Lipinski definition) is 5. The van der Waals surface area contributed by atoms with Crippen LogP contribution in [0, 0.1) is 13.8 Å². The SMILES string of the molecule is Cc1cc(C2CC2)n(-c2ccc(NC(=O)Nc3snnc3C)cc2)n1. The summed E-state index contributed by atoms with van der Waals surface area (Å²) < 4.78 is 5.80. The molecule has 2 aromatic heterocycles. The van der Waals surface area contributed by atoms with Gasteiger partial charge in [-0.05, 0) is 57.0 Å². The maximum absolute atomic E-state index is 12.1. The van der Waals surface area contributed by atoms with Crippen LogP contribution in [0.4, 0.5) is 15.5 Å². The highest BCUT2D eigenvalue weighted by molar-refractivity contribution is 7.10. The van der Waals surface area contributed by atoms with Crippen LogP contribution >= 0.6 is 11.5 Å². The molecule has 0 unspecified atom stereocenters. The third-order valence-corrected chi connectivity index (χ3v) is 4.85. The van der Waals surface area contributed by atoms with Crippen LogP contribution in [0.3, 0.4) is 0 Å². The van der Waals surface area contributed by atoms with Crippen LogP contribution in [0.1, 0.15) is 35.8 Å². The van der Waals surface area contributed by atoms with Gasteiger partial charge in [0.1, 0.15) is 5.00 Å². The third kappa shape index (κ3) is 3.39. The van der Waals surface area contributed by atoms with Crippen LogP contribution < -0.4 is 10.6 Å². The standard InChI is InChI=1S/C17H18N6OS/c1-10-9-15(12-3-4-12)23(21-10)14-7-5-13(6-8-14)18-17(24)19-16-11(2)20-22-25-16/h5-9,12H,3-4H2,1-2H3,(H2,18,19,24). The minimum absolute atomic E-state index is 0.310. The Kier molecular flexibility index (Phi) is 3.96. The molecule has 0 saturated heterocycles. The highest BCUT2D eigenvalue weighted by Gasteiger charge is 2.28. The van der Waals surface area contributed by atoms with Gasteiger partial charge in [0.2, 0.25) is 0 Å². The molecule has 1 aliphatic rings. The van der Waals surface area contributed by atoms with E-state index in [-0.39, 0.29) is 6.03 Å². The van der Waals surface area contributed by atoms with Crippen molar-refractivity contribution in [1.82, 2.24) is 19.4 Å². The molecule has 0 aliphatic heterocycles. The molecule has 25 heavy (non-hydrogen) atoms. The minimum atomic E-state index is -0.310. The lowest BCUT2D eigenvalue weighted by Gasteiger charge is -2.09. The van der Waals surface area contributed by atoms with Crippen LogP contribution in [-0.4, -0.2) is 25.4 Å². The molecule has 0 spiro atoms. The highest BCUT2D eigenvalue weighted by atomic mass is 32.1. The first kappa shape index (κ1) is 15.8. The summed E-state index contributed by atoms with van der Waals surface area (Å²) in [5.74, 6) is 0.626. The fourth-order valence-corrected chi connectivity index (χ4v) is 3.25. The van der Waals surface area contributed by atoms with Crippen molar-refractivity contribution < 1.29 is 4.79 Å². The Labute approximate surface area is 149 Å². The summed E-state index contributed by atoms with van der Waals surface area (Å²) in [5.41, 5.74) is 4.72. The van der Waals surface area contributed by atoms with E-state index in [9.17, 15) is 4.79 Å². The number of carbonyl (C=O) groups excluding carboxylic acids is 1. The van der Waals surface area contributed by atoms with Gasteiger partial charge in [-0.25, -0.2) is 9.48 Å². The van der Waals surface area contributed by atoms with Crippen LogP contribution in [0.2, 0.25) is 0 Å². The molecule has 2 heterocycles. The molecule has 128 valence electrons. The van der Waals surface area contributed by atoms with E-state index < -0.39 is 0 Å². The number of nitrogens with one attached hydrogen (secondary N) is 2. The molecule has 0 bridgehead atoms. The number of urea groups is 1. The average molecular weight is 354 g/mol. The molecule has 3 aromatic rings. The fourth-order valence-electron chi connectivity index (χ4n) is 2.69. The molecule has 1 fully saturated rings. The van der Waals surface area contributed by atoms with E-state index in [0.717, 1.165) is 22.9 Å². The number of benzene rings is 1. The second-order valence-corrected chi connectivity index (χ2v) is 6.96. The molecule has 1 aromatic carbocycles. The van der Waals surface area contributed by atoms with Crippen molar-refractivity contribution in [3.05, 3.63) is 47.4 Å². The van der Waals surface area contributed by atoms with Crippen molar-refractivity contribution in [3.8, 4) is 5.69 Å². The van der Waals surface area contributed by atoms with E-state index in [4.69, 9.17) is 0 Å². The van der Waals surface area contributed by atoms with E-state index in [1.54, 1.807) is 6.92 Å². The van der Waals surface area contributed by atoms with E-state index in [0.29, 0.717) is 22.3 Å². The van der Waals surface area contributed by atoms with Crippen molar-refractivity contribution >= 4 is 28.3 Å². The Morgan fingerprint density at radius 3 is 2.60 bits per heavy atom. The van der Waals surface area contributed by atoms with Gasteiger partial charge in [-0.3, -0.25) is 5.32 Å². The summed E-state index contributed by atoms with van der Waals surface area (Å²) >= 11 is 1.16. The first-order valence-electron chi connectivity index (χ1n) is 8.14. The second-order valence-electron chi connectivity index (χ2n) is 6.21. The number of aromatic nitrogens is 4. The lowest BCUT2D eigenvalue weighted by molar-refractivity contribution is 0.262. The molecule has 2 N–H and O–H groups in total. The monoisotopic (exact) mass is 354 g/mol. The third-order valence-electron chi connectivity index (χ3n) is 4.10. The molecular weight excluding hydrogens is 336 g/mol. The van der Waals surface area contributed by atoms with Gasteiger partial charge in [0.05, 0.1) is 17.1 Å². The van der Waals surface area contributed by atoms with E-state index >= 15 is 0 Å². The van der Waals surface area contributed by atoms with Gasteiger partial charge in [-0.15, -0.1) is 5.10 Å². The smallest absolute Gasteiger partial charge is 0.308 e. The second kappa shape index (κ2) is 6.29. The Morgan fingerprint density at radius 2 is 1.96 bits per heavy atom. The summed E-state index contributed by atoms with van der Waals surface area (Å²) in [6.07, 6.45) is 2.47. The molecule has 1 saturated carbocycles. The molecule has 4 rings (SSSR count). The normalized spacial score (nSPS) is 13.7. The zero-order valence-electron chi connectivity index (χ0n) is 14.0. The zero-order chi connectivity index (χ0) is 17.4. The van der Waals surface area contributed by atoms with Crippen LogP contribution in [0.15, 0.2) is 30.3 Å². The summed E-state index contributed by atoms with van der Waals surface area (Å²) in [6.45, 7) is 3.82. The number of amides is 2. The molecular formula is C17H18N6OS. The number of anilines is 2. The lowest BCUT2D eigenvalue weighted by atomic mass is 10.2. The Bertz CT molecular complexity index is 910. The van der Waals surface area contributed by atoms with Gasteiger partial charge >= 0.3 is 6.03 Å². The van der Waals surface area contributed by atoms with Crippen LogP contribution in [0.25, 0.3) is 5.69 Å². The molecule has 0 atom stereocenters. The number of aryl methyl sites for hydroxylation is 2. The molecule has 1 aliphatic carbocycles. The molecule has 2 amide bonds. The predicted octanol–water partition coefficient (Wildman–Crippen LogP) is 3.86. The van der Waals surface area contributed by atoms with Crippen molar-refractivity contribution in [1.29, 1.82) is 0 Å². The highest BCUT2D eigenvalue weighted by Crippen LogP contribution is 2.41. The molecule has 8 heteroatoms. The molecule has 7 nitrogen and oxygen atoms in total. The number of hydrogen-bond donors (Lipinski definition) is 2. The maximum atomic E-state index is 12.1. The van der Waals surface area contributed by atoms with Gasteiger partial charge in [0.25, 0.3) is 0 Å². The Hall–Kier alpha value is -2.74. The average Bonchev–Trinajstić information content (AvgIpc) is 3.26. The first-order valence-corrected chi connectivity index (χ1v) is 8.91. The Balaban J connectivity index is 1.47. The number of nitrogens with zero attached hydrogens (tertiary/aromatic N) is 4. The van der Waals surface area contributed by atoms with Gasteiger partial charge in [0.15, 0.2) is 0 Å². The summed E-state index contributed by atoms with van der Waals surface area (Å²) in [4.78, 5) is 12.1. The number of rotatable bonds is 4. The Morgan fingerprint density at radius 1 is 1.20 bits per heavy atom. The largest absolute Gasteiger partial charge is 0.324 e. The maximum Gasteiger partial charge on any atom is 0.324 e. The number of carbonyl (C=O) groups is 1. The van der Waals surface area contributed by atoms with Gasteiger partial charge in [-0.1, -0.05) is 4.49 Å². The quantitative estimate of drug-likeness (QED) is 0.745. The van der Waals surface area contributed by atoms with Crippen molar-refractivity contribution in [2.24, 2.45) is 0 Å². The van der Waals surface area contributed by atoms with Crippen molar-refractivity contribution in [2.75, 3.05) is 10.6 Å².